The first-order valence-electron chi connectivity index (χ1n) is 8.40. The first kappa shape index (κ1) is 17.6. The lowest BCUT2D eigenvalue weighted by atomic mass is 9.88. The molecule has 3 rings (SSSR count). The van der Waals surface area contributed by atoms with Crippen LogP contribution >= 0.6 is 11.6 Å². The van der Waals surface area contributed by atoms with Gasteiger partial charge in [-0.3, -0.25) is 9.59 Å². The largest absolute Gasteiger partial charge is 0.375 e. The molecular formula is C20H20ClNO3. The molecule has 25 heavy (non-hydrogen) atoms. The van der Waals surface area contributed by atoms with Gasteiger partial charge in [0.05, 0.1) is 12.1 Å². The minimum atomic E-state index is -1.82. The van der Waals surface area contributed by atoms with Crippen molar-refractivity contribution in [1.82, 2.24) is 0 Å². The number of carbonyl (C=O) groups is 2. The molecule has 4 nitrogen and oxygen atoms in total. The van der Waals surface area contributed by atoms with Crippen molar-refractivity contribution in [2.45, 2.75) is 31.8 Å². The van der Waals surface area contributed by atoms with E-state index in [9.17, 15) is 14.7 Å². The van der Waals surface area contributed by atoms with Crippen LogP contribution in [0, 0.1) is 0 Å². The number of unbranched alkanes of at least 4 members (excludes halogenated alkanes) is 1. The number of amides is 1. The second-order valence-corrected chi connectivity index (χ2v) is 6.73. The minimum absolute atomic E-state index is 0.285. The standard InChI is InChI=1S/C20H20ClNO3/c1-2-3-12-22-17-7-5-4-6-16(17)20(25,19(22)24)13-18(23)14-8-10-15(21)11-9-14/h4-11,25H,2-3,12-13H2,1H3/t20-/m1/s1. The molecule has 0 spiro atoms. The number of Topliss-reactive ketones (excluding diaryl/α,β-unsaturated/α-hetero) is 1. The Labute approximate surface area is 152 Å². The number of fused-ring (bicyclic) bond motifs is 1. The molecule has 1 aliphatic heterocycles. The predicted molar refractivity (Wildman–Crippen MR) is 98.0 cm³/mol. The quantitative estimate of drug-likeness (QED) is 0.796. The molecule has 2 aromatic carbocycles. The van der Waals surface area contributed by atoms with Crippen molar-refractivity contribution in [3.63, 3.8) is 0 Å². The lowest BCUT2D eigenvalue weighted by molar-refractivity contribution is -0.135. The maximum absolute atomic E-state index is 12.9. The predicted octanol–water partition coefficient (Wildman–Crippen LogP) is 3.95. The molecule has 0 aromatic heterocycles. The number of anilines is 1. The fourth-order valence-corrected chi connectivity index (χ4v) is 3.31. The maximum atomic E-state index is 12.9. The molecule has 5 heteroatoms. The number of hydrogen-bond acceptors (Lipinski definition) is 3. The highest BCUT2D eigenvalue weighted by molar-refractivity contribution is 6.30. The second-order valence-electron chi connectivity index (χ2n) is 6.29. The molecule has 0 aliphatic carbocycles. The Morgan fingerprint density at radius 2 is 1.84 bits per heavy atom. The molecular weight excluding hydrogens is 338 g/mol. The van der Waals surface area contributed by atoms with Crippen molar-refractivity contribution >= 4 is 29.0 Å². The van der Waals surface area contributed by atoms with Gasteiger partial charge in [0, 0.05) is 22.7 Å². The number of benzene rings is 2. The Morgan fingerprint density at radius 3 is 2.52 bits per heavy atom. The van der Waals surface area contributed by atoms with Crippen LogP contribution in [0.15, 0.2) is 48.5 Å². The monoisotopic (exact) mass is 357 g/mol. The number of rotatable bonds is 6. The number of carbonyl (C=O) groups excluding carboxylic acids is 2. The summed E-state index contributed by atoms with van der Waals surface area (Å²) in [6.07, 6.45) is 1.49. The SMILES string of the molecule is CCCCN1C(=O)[C@@](O)(CC(=O)c2ccc(Cl)cc2)c2ccccc21. The smallest absolute Gasteiger partial charge is 0.264 e. The van der Waals surface area contributed by atoms with Crippen LogP contribution in [0.5, 0.6) is 0 Å². The van der Waals surface area contributed by atoms with E-state index in [0.717, 1.165) is 12.8 Å². The third kappa shape index (κ3) is 3.20. The Morgan fingerprint density at radius 1 is 1.16 bits per heavy atom. The fraction of sp³-hybridized carbons (Fsp3) is 0.300. The van der Waals surface area contributed by atoms with E-state index in [4.69, 9.17) is 11.6 Å². The Balaban J connectivity index is 1.92. The summed E-state index contributed by atoms with van der Waals surface area (Å²) in [5.74, 6) is -0.718. The van der Waals surface area contributed by atoms with Crippen molar-refractivity contribution in [3.8, 4) is 0 Å². The summed E-state index contributed by atoms with van der Waals surface area (Å²) >= 11 is 5.85. The van der Waals surface area contributed by atoms with Crippen molar-refractivity contribution in [3.05, 3.63) is 64.7 Å². The van der Waals surface area contributed by atoms with Gasteiger partial charge in [-0.15, -0.1) is 0 Å². The van der Waals surface area contributed by atoms with E-state index in [0.29, 0.717) is 28.4 Å². The van der Waals surface area contributed by atoms with Gasteiger partial charge in [0.1, 0.15) is 0 Å². The van der Waals surface area contributed by atoms with Gasteiger partial charge in [-0.1, -0.05) is 43.1 Å². The zero-order valence-electron chi connectivity index (χ0n) is 14.0. The van der Waals surface area contributed by atoms with Crippen molar-refractivity contribution in [2.24, 2.45) is 0 Å². The highest BCUT2D eigenvalue weighted by Gasteiger charge is 2.50. The summed E-state index contributed by atoms with van der Waals surface area (Å²) in [5, 5.41) is 11.7. The Kier molecular flexibility index (Phi) is 4.93. The van der Waals surface area contributed by atoms with Gasteiger partial charge in [-0.25, -0.2) is 0 Å². The summed E-state index contributed by atoms with van der Waals surface area (Å²) in [6.45, 7) is 2.58. The number of hydrogen-bond donors (Lipinski definition) is 1. The number of halogens is 1. The molecule has 0 saturated heterocycles. The lowest BCUT2D eigenvalue weighted by Crippen LogP contribution is -2.42. The van der Waals surface area contributed by atoms with Crippen molar-refractivity contribution < 1.29 is 14.7 Å². The van der Waals surface area contributed by atoms with Gasteiger partial charge in [0.15, 0.2) is 11.4 Å². The summed E-state index contributed by atoms with van der Waals surface area (Å²) in [5.41, 5.74) is -0.206. The molecule has 130 valence electrons. The molecule has 1 atom stereocenters. The molecule has 1 aliphatic rings. The zero-order valence-corrected chi connectivity index (χ0v) is 14.8. The Hall–Kier alpha value is -2.17. The van der Waals surface area contributed by atoms with Crippen LogP contribution in [0.4, 0.5) is 5.69 Å². The van der Waals surface area contributed by atoms with Crippen LogP contribution in [0.2, 0.25) is 5.02 Å². The van der Waals surface area contributed by atoms with Gasteiger partial charge in [0.2, 0.25) is 0 Å². The van der Waals surface area contributed by atoms with E-state index in [1.54, 1.807) is 41.3 Å². The van der Waals surface area contributed by atoms with Crippen LogP contribution in [0.1, 0.15) is 42.1 Å². The molecule has 1 amide bonds. The summed E-state index contributed by atoms with van der Waals surface area (Å²) in [7, 11) is 0. The third-order valence-corrected chi connectivity index (χ3v) is 4.81. The number of aliphatic hydroxyl groups is 1. The van der Waals surface area contributed by atoms with E-state index >= 15 is 0 Å². The summed E-state index contributed by atoms with van der Waals surface area (Å²) in [6, 6.07) is 13.6. The fourth-order valence-electron chi connectivity index (χ4n) is 3.19. The number of para-hydroxylation sites is 1. The summed E-state index contributed by atoms with van der Waals surface area (Å²) in [4.78, 5) is 27.1. The molecule has 2 aromatic rings. The molecule has 0 radical (unpaired) electrons. The van der Waals surface area contributed by atoms with Crippen LogP contribution in [-0.4, -0.2) is 23.3 Å². The van der Waals surface area contributed by atoms with Gasteiger partial charge >= 0.3 is 0 Å². The van der Waals surface area contributed by atoms with Crippen molar-refractivity contribution in [2.75, 3.05) is 11.4 Å². The van der Waals surface area contributed by atoms with E-state index in [-0.39, 0.29) is 12.2 Å². The first-order valence-corrected chi connectivity index (χ1v) is 8.78. The molecule has 0 fully saturated rings. The molecule has 0 bridgehead atoms. The zero-order chi connectivity index (χ0) is 18.0. The van der Waals surface area contributed by atoms with E-state index < -0.39 is 11.5 Å². The average molecular weight is 358 g/mol. The topological polar surface area (TPSA) is 57.6 Å². The van der Waals surface area contributed by atoms with Crippen LogP contribution < -0.4 is 4.90 Å². The molecule has 0 saturated carbocycles. The van der Waals surface area contributed by atoms with Crippen molar-refractivity contribution in [1.29, 1.82) is 0 Å². The normalized spacial score (nSPS) is 19.2. The summed E-state index contributed by atoms with van der Waals surface area (Å²) < 4.78 is 0. The van der Waals surface area contributed by atoms with E-state index in [1.165, 1.54) is 0 Å². The van der Waals surface area contributed by atoms with E-state index in [1.807, 2.05) is 19.1 Å². The average Bonchev–Trinajstić information content (AvgIpc) is 2.82. The Bertz CT molecular complexity index is 803. The van der Waals surface area contributed by atoms with Gasteiger partial charge in [0.25, 0.3) is 5.91 Å². The molecule has 0 unspecified atom stereocenters. The van der Waals surface area contributed by atoms with Gasteiger partial charge in [-0.2, -0.15) is 0 Å². The number of ketones is 1. The van der Waals surface area contributed by atoms with Crippen LogP contribution in [0.3, 0.4) is 0 Å². The van der Waals surface area contributed by atoms with Crippen LogP contribution in [0.25, 0.3) is 0 Å². The molecule has 1 heterocycles. The van der Waals surface area contributed by atoms with Gasteiger partial charge in [-0.05, 0) is 36.8 Å². The lowest BCUT2D eigenvalue weighted by Gasteiger charge is -2.22. The maximum Gasteiger partial charge on any atom is 0.264 e. The highest BCUT2D eigenvalue weighted by atomic mass is 35.5. The van der Waals surface area contributed by atoms with Gasteiger partial charge < -0.3 is 10.0 Å². The number of nitrogens with zero attached hydrogens (tertiary/aromatic N) is 1. The highest BCUT2D eigenvalue weighted by Crippen LogP contribution is 2.42. The first-order chi connectivity index (χ1) is 12.0. The van der Waals surface area contributed by atoms with E-state index in [2.05, 4.69) is 0 Å². The third-order valence-electron chi connectivity index (χ3n) is 4.56. The second kappa shape index (κ2) is 6.98. The minimum Gasteiger partial charge on any atom is -0.375 e. The van der Waals surface area contributed by atoms with Crippen LogP contribution in [-0.2, 0) is 10.4 Å². The molecule has 1 N–H and O–H groups in total.